The van der Waals surface area contributed by atoms with Gasteiger partial charge in [0.2, 0.25) is 0 Å². The number of aromatic nitrogens is 1. The number of carboxylic acid groups (broad SMARTS) is 1. The summed E-state index contributed by atoms with van der Waals surface area (Å²) in [4.78, 5) is 51.3. The number of nitrogens with zero attached hydrogens (tertiary/aromatic N) is 3. The van der Waals surface area contributed by atoms with Crippen LogP contribution in [0.25, 0.3) is 0 Å². The van der Waals surface area contributed by atoms with E-state index in [9.17, 15) is 19.5 Å². The molecule has 1 saturated heterocycles. The van der Waals surface area contributed by atoms with Crippen molar-refractivity contribution in [2.24, 2.45) is 5.16 Å². The zero-order valence-electron chi connectivity index (χ0n) is 27.5. The lowest BCUT2D eigenvalue weighted by Crippen LogP contribution is -2.71. The van der Waals surface area contributed by atoms with Crippen LogP contribution >= 0.6 is 45.7 Å². The molecule has 2 aliphatic rings. The number of fused-ring (bicyclic) bond motifs is 1. The van der Waals surface area contributed by atoms with Crippen LogP contribution in [-0.2, 0) is 31.4 Å². The van der Waals surface area contributed by atoms with Crippen molar-refractivity contribution in [3.8, 4) is 0 Å². The summed E-state index contributed by atoms with van der Waals surface area (Å²) in [7, 11) is 0. The summed E-state index contributed by atoms with van der Waals surface area (Å²) in [5, 5.41) is 22.4. The highest BCUT2D eigenvalue weighted by Gasteiger charge is 2.54. The standard InChI is InChI=1S/C39H32IN5O5S2/c40-21-26-23-51-36-32(35(47)45(36)33(26)37(48)49)42-34(46)31(44-50-22-25-13-5-1-6-14-25)30-24-52-38(41-30)43-39(27-15-7-2-8-16-27,28-17-9-3-10-18-28)29-19-11-4-12-20-29/h1-20,24,32,36H,21-23H2,(H,41,43)(H,42,46)(H,48,49)/t32?,36-/m0/s1. The Balaban J connectivity index is 1.22. The van der Waals surface area contributed by atoms with E-state index in [4.69, 9.17) is 9.82 Å². The monoisotopic (exact) mass is 841 g/mol. The molecule has 0 radical (unpaired) electrons. The third-order valence-corrected chi connectivity index (χ3v) is 11.8. The number of benzene rings is 4. The Kier molecular flexibility index (Phi) is 10.7. The molecular formula is C39H32IN5O5S2. The number of aliphatic carboxylic acids is 1. The smallest absolute Gasteiger partial charge is 0.352 e. The van der Waals surface area contributed by atoms with Crippen LogP contribution in [0.4, 0.5) is 5.13 Å². The van der Waals surface area contributed by atoms with E-state index in [0.717, 1.165) is 22.3 Å². The summed E-state index contributed by atoms with van der Waals surface area (Å²) in [6.45, 7) is 0.104. The molecule has 13 heteroatoms. The minimum absolute atomic E-state index is 0.0114. The molecule has 1 unspecified atom stereocenters. The van der Waals surface area contributed by atoms with Gasteiger partial charge in [0, 0.05) is 15.6 Å². The molecule has 3 heterocycles. The van der Waals surface area contributed by atoms with Gasteiger partial charge in [0.05, 0.1) is 0 Å². The van der Waals surface area contributed by atoms with E-state index in [1.54, 1.807) is 5.38 Å². The lowest BCUT2D eigenvalue weighted by atomic mass is 9.77. The number of hydrogen-bond donors (Lipinski definition) is 3. The van der Waals surface area contributed by atoms with Crippen LogP contribution in [-0.4, -0.2) is 60.1 Å². The number of carbonyl (C=O) groups is 3. The van der Waals surface area contributed by atoms with Crippen LogP contribution in [0.5, 0.6) is 0 Å². The van der Waals surface area contributed by atoms with Gasteiger partial charge in [-0.25, -0.2) is 9.78 Å². The molecule has 2 amide bonds. The van der Waals surface area contributed by atoms with Gasteiger partial charge < -0.3 is 20.6 Å². The second-order valence-electron chi connectivity index (χ2n) is 12.0. The van der Waals surface area contributed by atoms with Crippen molar-refractivity contribution in [2.45, 2.75) is 23.6 Å². The summed E-state index contributed by atoms with van der Waals surface area (Å²) in [6.07, 6.45) is 0. The first-order valence-electron chi connectivity index (χ1n) is 16.3. The predicted octanol–water partition coefficient (Wildman–Crippen LogP) is 6.64. The number of thiazole rings is 1. The minimum atomic E-state index is -1.16. The number of amides is 2. The number of nitrogens with one attached hydrogen (secondary N) is 2. The van der Waals surface area contributed by atoms with E-state index in [2.05, 4.69) is 74.8 Å². The van der Waals surface area contributed by atoms with E-state index < -0.39 is 34.7 Å². The number of halogens is 1. The average molecular weight is 842 g/mol. The minimum Gasteiger partial charge on any atom is -0.477 e. The second kappa shape index (κ2) is 15.7. The Labute approximate surface area is 322 Å². The number of carboxylic acids is 1. The fourth-order valence-corrected chi connectivity index (χ4v) is 9.42. The summed E-state index contributed by atoms with van der Waals surface area (Å²) < 4.78 is 0.482. The Morgan fingerprint density at radius 2 is 1.46 bits per heavy atom. The summed E-state index contributed by atoms with van der Waals surface area (Å²) in [5.41, 5.74) is 3.76. The van der Waals surface area contributed by atoms with Crippen molar-refractivity contribution in [3.05, 3.63) is 166 Å². The summed E-state index contributed by atoms with van der Waals surface area (Å²) >= 11 is 4.82. The van der Waals surface area contributed by atoms with Crippen LogP contribution in [0.1, 0.15) is 27.9 Å². The van der Waals surface area contributed by atoms with Crippen molar-refractivity contribution in [3.63, 3.8) is 0 Å². The number of oxime groups is 1. The molecule has 3 N–H and O–H groups in total. The number of anilines is 1. The molecule has 4 aromatic carbocycles. The molecule has 1 fully saturated rings. The highest BCUT2D eigenvalue weighted by atomic mass is 127. The van der Waals surface area contributed by atoms with Gasteiger partial charge in [-0.05, 0) is 27.8 Å². The van der Waals surface area contributed by atoms with Crippen LogP contribution in [0.2, 0.25) is 0 Å². The Bertz CT molecular complexity index is 2030. The number of thioether (sulfide) groups is 1. The molecular weight excluding hydrogens is 809 g/mol. The van der Waals surface area contributed by atoms with Gasteiger partial charge in [0.15, 0.2) is 10.8 Å². The number of rotatable bonds is 13. The molecule has 52 heavy (non-hydrogen) atoms. The molecule has 7 rings (SSSR count). The van der Waals surface area contributed by atoms with Crippen molar-refractivity contribution >= 4 is 74.3 Å². The van der Waals surface area contributed by atoms with Crippen LogP contribution in [0.15, 0.2) is 143 Å². The van der Waals surface area contributed by atoms with Gasteiger partial charge in [-0.3, -0.25) is 14.5 Å². The van der Waals surface area contributed by atoms with Crippen molar-refractivity contribution in [1.82, 2.24) is 15.2 Å². The third-order valence-electron chi connectivity index (χ3n) is 8.80. The highest BCUT2D eigenvalue weighted by Crippen LogP contribution is 2.42. The molecule has 2 atom stereocenters. The SMILES string of the molecule is O=C(O)C1=C(CI)CS[C@H]2C(NC(=O)C(=NOCc3ccccc3)c3csc(NC(c4ccccc4)(c4ccccc4)c4ccccc4)n3)C(=O)N12. The van der Waals surface area contributed by atoms with E-state index >= 15 is 0 Å². The summed E-state index contributed by atoms with van der Waals surface area (Å²) in [5.74, 6) is -1.87. The van der Waals surface area contributed by atoms with E-state index in [0.29, 0.717) is 20.9 Å². The van der Waals surface area contributed by atoms with E-state index in [1.807, 2.05) is 84.9 Å². The van der Waals surface area contributed by atoms with Gasteiger partial charge in [0.1, 0.15) is 35.0 Å². The molecule has 0 spiro atoms. The molecule has 1 aromatic heterocycles. The zero-order valence-corrected chi connectivity index (χ0v) is 31.3. The van der Waals surface area contributed by atoms with Crippen molar-refractivity contribution in [1.29, 1.82) is 0 Å². The normalized spacial score (nSPS) is 17.2. The molecule has 5 aromatic rings. The number of β-lactam (4-membered cyclic amide) rings is 1. The average Bonchev–Trinajstić information content (AvgIpc) is 3.66. The lowest BCUT2D eigenvalue weighted by molar-refractivity contribution is -0.150. The second-order valence-corrected chi connectivity index (χ2v) is 14.7. The van der Waals surface area contributed by atoms with Gasteiger partial charge in [-0.2, -0.15) is 0 Å². The lowest BCUT2D eigenvalue weighted by Gasteiger charge is -2.49. The third kappa shape index (κ3) is 6.95. The van der Waals surface area contributed by atoms with Gasteiger partial charge in [-0.15, -0.1) is 23.1 Å². The quantitative estimate of drug-likeness (QED) is 0.0300. The maximum Gasteiger partial charge on any atom is 0.352 e. The van der Waals surface area contributed by atoms with Gasteiger partial charge in [-0.1, -0.05) is 149 Å². The molecule has 262 valence electrons. The maximum atomic E-state index is 14.0. The molecule has 10 nitrogen and oxygen atoms in total. The summed E-state index contributed by atoms with van der Waals surface area (Å²) in [6, 6.07) is 38.8. The van der Waals surface area contributed by atoms with Crippen molar-refractivity contribution < 1.29 is 24.3 Å². The van der Waals surface area contributed by atoms with E-state index in [1.165, 1.54) is 28.0 Å². The Hall–Kier alpha value is -4.99. The predicted molar refractivity (Wildman–Crippen MR) is 211 cm³/mol. The first kappa shape index (κ1) is 35.4. The van der Waals surface area contributed by atoms with Crippen LogP contribution < -0.4 is 10.6 Å². The fraction of sp³-hybridized carbons (Fsp3) is 0.154. The van der Waals surface area contributed by atoms with Gasteiger partial charge in [0.25, 0.3) is 11.8 Å². The number of alkyl halides is 1. The largest absolute Gasteiger partial charge is 0.477 e. The molecule has 0 aliphatic carbocycles. The van der Waals surface area contributed by atoms with Crippen LogP contribution in [0.3, 0.4) is 0 Å². The first-order chi connectivity index (χ1) is 25.4. The first-order valence-corrected chi connectivity index (χ1v) is 19.8. The highest BCUT2D eigenvalue weighted by molar-refractivity contribution is 14.1. The fourth-order valence-electron chi connectivity index (χ4n) is 6.33. The molecule has 0 saturated carbocycles. The van der Waals surface area contributed by atoms with Crippen molar-refractivity contribution in [2.75, 3.05) is 15.5 Å². The maximum absolute atomic E-state index is 14.0. The van der Waals surface area contributed by atoms with E-state index in [-0.39, 0.29) is 23.7 Å². The van der Waals surface area contributed by atoms with Gasteiger partial charge >= 0.3 is 5.97 Å². The Morgan fingerprint density at radius 3 is 2.00 bits per heavy atom. The molecule has 2 aliphatic heterocycles. The van der Waals surface area contributed by atoms with Crippen LogP contribution in [0, 0.1) is 0 Å². The zero-order chi connectivity index (χ0) is 36.1. The Morgan fingerprint density at radius 1 is 0.904 bits per heavy atom. The number of hydrogen-bond acceptors (Lipinski definition) is 9. The molecule has 0 bridgehead atoms. The number of carbonyl (C=O) groups excluding carboxylic acids is 2. The topological polar surface area (TPSA) is 133 Å².